The second-order valence-electron chi connectivity index (χ2n) is 3.79. The number of halogens is 3. The van der Waals surface area contributed by atoms with E-state index in [0.29, 0.717) is 12.1 Å². The van der Waals surface area contributed by atoms with Gasteiger partial charge in [0, 0.05) is 0 Å². The molecule has 1 heterocycles. The molecule has 0 aliphatic carbocycles. The van der Waals surface area contributed by atoms with E-state index in [-0.39, 0.29) is 5.82 Å². The number of nitrogens with one attached hydrogen (secondary N) is 2. The predicted molar refractivity (Wildman–Crippen MR) is 59.2 cm³/mol. The second kappa shape index (κ2) is 5.17. The Bertz CT molecular complexity index is 719. The summed E-state index contributed by atoms with van der Waals surface area (Å²) in [7, 11) is -4.41. The summed E-state index contributed by atoms with van der Waals surface area (Å²) in [5.74, 6) is -5.12. The van der Waals surface area contributed by atoms with E-state index in [1.54, 1.807) is 0 Å². The maximum Gasteiger partial charge on any atom is 0.244 e. The second-order valence-corrected chi connectivity index (χ2v) is 5.47. The number of hydrogen-bond acceptors (Lipinski definition) is 5. The van der Waals surface area contributed by atoms with Crippen LogP contribution in [0.2, 0.25) is 0 Å². The minimum atomic E-state index is -4.41. The summed E-state index contributed by atoms with van der Waals surface area (Å²) in [6.45, 7) is 1.38. The minimum Gasteiger partial charge on any atom is -0.207 e. The van der Waals surface area contributed by atoms with Gasteiger partial charge in [0.15, 0.2) is 23.3 Å². The first-order valence-electron chi connectivity index (χ1n) is 5.22. The monoisotopic (exact) mass is 307 g/mol. The molecule has 0 spiro atoms. The molecule has 2 aromatic rings. The normalized spacial score (nSPS) is 13.4. The SMILES string of the molecule is CC(NS(=O)(=O)c1ccc(F)c(F)c1F)c1nn[nH]n1. The maximum atomic E-state index is 13.5. The average molecular weight is 307 g/mol. The molecule has 0 bridgehead atoms. The summed E-state index contributed by atoms with van der Waals surface area (Å²) >= 11 is 0. The zero-order valence-electron chi connectivity index (χ0n) is 9.93. The number of rotatable bonds is 4. The summed E-state index contributed by atoms with van der Waals surface area (Å²) in [6.07, 6.45) is 0. The number of sulfonamides is 1. The van der Waals surface area contributed by atoms with Crippen molar-refractivity contribution >= 4 is 10.0 Å². The van der Waals surface area contributed by atoms with Crippen LogP contribution in [0.4, 0.5) is 13.2 Å². The molecular formula is C9H8F3N5O2S. The van der Waals surface area contributed by atoms with Crippen molar-refractivity contribution < 1.29 is 21.6 Å². The van der Waals surface area contributed by atoms with E-state index in [1.807, 2.05) is 4.72 Å². The Balaban J connectivity index is 2.34. The molecule has 2 rings (SSSR count). The molecule has 11 heteroatoms. The van der Waals surface area contributed by atoms with Crippen LogP contribution in [-0.4, -0.2) is 29.0 Å². The van der Waals surface area contributed by atoms with E-state index >= 15 is 0 Å². The molecular weight excluding hydrogens is 299 g/mol. The van der Waals surface area contributed by atoms with E-state index in [0.717, 1.165) is 0 Å². The first-order valence-corrected chi connectivity index (χ1v) is 6.70. The van der Waals surface area contributed by atoms with Gasteiger partial charge in [-0.2, -0.15) is 5.21 Å². The van der Waals surface area contributed by atoms with Crippen molar-refractivity contribution in [3.05, 3.63) is 35.4 Å². The zero-order valence-corrected chi connectivity index (χ0v) is 10.7. The number of nitrogens with zero attached hydrogens (tertiary/aromatic N) is 3. The fourth-order valence-corrected chi connectivity index (χ4v) is 2.69. The molecule has 108 valence electrons. The van der Waals surface area contributed by atoms with E-state index in [9.17, 15) is 21.6 Å². The van der Waals surface area contributed by atoms with Gasteiger partial charge in [0.05, 0.1) is 6.04 Å². The van der Waals surface area contributed by atoms with Gasteiger partial charge in [-0.25, -0.2) is 26.3 Å². The Hall–Kier alpha value is -2.01. The molecule has 0 radical (unpaired) electrons. The first kappa shape index (κ1) is 14.4. The molecule has 0 saturated heterocycles. The highest BCUT2D eigenvalue weighted by atomic mass is 32.2. The van der Waals surface area contributed by atoms with Gasteiger partial charge in [0.2, 0.25) is 10.0 Å². The summed E-state index contributed by atoms with van der Waals surface area (Å²) in [6, 6.07) is 0.205. The lowest BCUT2D eigenvalue weighted by Crippen LogP contribution is -2.28. The molecule has 1 unspecified atom stereocenters. The molecule has 0 aliphatic heterocycles. The Morgan fingerprint density at radius 2 is 1.95 bits per heavy atom. The van der Waals surface area contributed by atoms with Crippen molar-refractivity contribution in [2.24, 2.45) is 0 Å². The van der Waals surface area contributed by atoms with Crippen LogP contribution in [0.25, 0.3) is 0 Å². The summed E-state index contributed by atoms with van der Waals surface area (Å²) in [5, 5.41) is 12.4. The summed E-state index contributed by atoms with van der Waals surface area (Å²) < 4.78 is 65.1. The largest absolute Gasteiger partial charge is 0.244 e. The van der Waals surface area contributed by atoms with Crippen molar-refractivity contribution in [3.63, 3.8) is 0 Å². The van der Waals surface area contributed by atoms with Crippen molar-refractivity contribution in [3.8, 4) is 0 Å². The van der Waals surface area contributed by atoms with Crippen LogP contribution < -0.4 is 4.72 Å². The van der Waals surface area contributed by atoms with Crippen LogP contribution in [-0.2, 0) is 10.0 Å². The minimum absolute atomic E-state index is 0.0107. The molecule has 0 amide bonds. The predicted octanol–water partition coefficient (Wildman–Crippen LogP) is 0.656. The van der Waals surface area contributed by atoms with E-state index in [4.69, 9.17) is 0 Å². The van der Waals surface area contributed by atoms with Gasteiger partial charge in [-0.05, 0) is 19.1 Å². The number of tetrazole rings is 1. The third-order valence-corrected chi connectivity index (χ3v) is 3.93. The zero-order chi connectivity index (χ0) is 14.9. The number of benzene rings is 1. The number of aromatic nitrogens is 4. The highest BCUT2D eigenvalue weighted by Crippen LogP contribution is 2.21. The molecule has 1 aromatic heterocycles. The Kier molecular flexibility index (Phi) is 3.72. The third kappa shape index (κ3) is 2.63. The highest BCUT2D eigenvalue weighted by Gasteiger charge is 2.26. The summed E-state index contributed by atoms with van der Waals surface area (Å²) in [5.41, 5.74) is 0. The van der Waals surface area contributed by atoms with Gasteiger partial charge < -0.3 is 0 Å². The Morgan fingerprint density at radius 3 is 2.55 bits per heavy atom. The van der Waals surface area contributed by atoms with Crippen LogP contribution in [0.5, 0.6) is 0 Å². The van der Waals surface area contributed by atoms with E-state index < -0.39 is 38.4 Å². The van der Waals surface area contributed by atoms with Crippen molar-refractivity contribution in [1.29, 1.82) is 0 Å². The van der Waals surface area contributed by atoms with Gasteiger partial charge in [0.25, 0.3) is 0 Å². The number of H-pyrrole nitrogens is 1. The fourth-order valence-electron chi connectivity index (χ4n) is 1.42. The Morgan fingerprint density at radius 1 is 1.25 bits per heavy atom. The molecule has 0 aliphatic rings. The topological polar surface area (TPSA) is 101 Å². The van der Waals surface area contributed by atoms with Gasteiger partial charge in [-0.3, -0.25) is 0 Å². The molecule has 0 saturated carbocycles. The lowest BCUT2D eigenvalue weighted by molar-refractivity contribution is 0.431. The van der Waals surface area contributed by atoms with Crippen LogP contribution >= 0.6 is 0 Å². The molecule has 2 N–H and O–H groups in total. The fraction of sp³-hybridized carbons (Fsp3) is 0.222. The smallest absolute Gasteiger partial charge is 0.207 e. The molecule has 20 heavy (non-hydrogen) atoms. The van der Waals surface area contributed by atoms with Crippen LogP contribution in [0.1, 0.15) is 18.8 Å². The van der Waals surface area contributed by atoms with Gasteiger partial charge in [0.1, 0.15) is 4.90 Å². The van der Waals surface area contributed by atoms with Gasteiger partial charge in [-0.1, -0.05) is 5.21 Å². The van der Waals surface area contributed by atoms with Crippen molar-refractivity contribution in [1.82, 2.24) is 25.3 Å². The number of hydrogen-bond donors (Lipinski definition) is 2. The van der Waals surface area contributed by atoms with E-state index in [2.05, 4.69) is 20.6 Å². The number of aromatic amines is 1. The quantitative estimate of drug-likeness (QED) is 0.808. The highest BCUT2D eigenvalue weighted by molar-refractivity contribution is 7.89. The molecule has 1 atom stereocenters. The van der Waals surface area contributed by atoms with E-state index in [1.165, 1.54) is 6.92 Å². The average Bonchev–Trinajstić information content (AvgIpc) is 2.89. The van der Waals surface area contributed by atoms with Crippen LogP contribution in [0.15, 0.2) is 17.0 Å². The van der Waals surface area contributed by atoms with Crippen LogP contribution in [0, 0.1) is 17.5 Å². The van der Waals surface area contributed by atoms with Gasteiger partial charge in [-0.15, -0.1) is 10.2 Å². The third-order valence-electron chi connectivity index (χ3n) is 2.37. The lowest BCUT2D eigenvalue weighted by Gasteiger charge is -2.11. The Labute approximate surface area is 111 Å². The summed E-state index contributed by atoms with van der Waals surface area (Å²) in [4.78, 5) is -1.01. The molecule has 7 nitrogen and oxygen atoms in total. The standard InChI is InChI=1S/C9H8F3N5O2S/c1-4(9-13-16-17-14-9)15-20(18,19)6-3-2-5(10)7(11)8(6)12/h2-4,15H,1H3,(H,13,14,16,17). The van der Waals surface area contributed by atoms with Crippen molar-refractivity contribution in [2.45, 2.75) is 17.9 Å². The van der Waals surface area contributed by atoms with Gasteiger partial charge >= 0.3 is 0 Å². The lowest BCUT2D eigenvalue weighted by atomic mass is 10.3. The van der Waals surface area contributed by atoms with Crippen molar-refractivity contribution in [2.75, 3.05) is 0 Å². The first-order chi connectivity index (χ1) is 9.33. The molecule has 1 aromatic carbocycles. The molecule has 0 fully saturated rings. The maximum absolute atomic E-state index is 13.5. The van der Waals surface area contributed by atoms with Crippen LogP contribution in [0.3, 0.4) is 0 Å².